The lowest BCUT2D eigenvalue weighted by Gasteiger charge is -2.29. The molecule has 0 spiro atoms. The number of fused-ring (bicyclic) bond motifs is 1. The molecule has 9 nitrogen and oxygen atoms in total. The standard InChI is InChI=1S/C16H13Br2N5O4/c17-9-1-2-11(10(18)7-9)19-12-8-13(22-3-5-26-6-4-22)14-15(21-27-20-14)16(12)23(24)25/h1-2,7-8,19H,3-6H2. The molecule has 4 rings (SSSR count). The van der Waals surface area contributed by atoms with Crippen LogP contribution in [0.4, 0.5) is 22.7 Å². The van der Waals surface area contributed by atoms with Crippen molar-refractivity contribution in [3.63, 3.8) is 0 Å². The fourth-order valence-corrected chi connectivity index (χ4v) is 4.12. The first-order valence-corrected chi connectivity index (χ1v) is 9.61. The van der Waals surface area contributed by atoms with E-state index >= 15 is 0 Å². The smallest absolute Gasteiger partial charge is 0.324 e. The van der Waals surface area contributed by atoms with Gasteiger partial charge >= 0.3 is 5.69 Å². The van der Waals surface area contributed by atoms with Crippen molar-refractivity contribution in [2.75, 3.05) is 36.5 Å². The monoisotopic (exact) mass is 497 g/mol. The van der Waals surface area contributed by atoms with Crippen molar-refractivity contribution in [2.24, 2.45) is 0 Å². The summed E-state index contributed by atoms with van der Waals surface area (Å²) in [4.78, 5) is 13.3. The number of aromatic nitrogens is 2. The third-order valence-electron chi connectivity index (χ3n) is 4.23. The average Bonchev–Trinajstić information content (AvgIpc) is 3.13. The Kier molecular flexibility index (Phi) is 4.98. The van der Waals surface area contributed by atoms with Crippen molar-refractivity contribution >= 4 is 65.6 Å². The predicted molar refractivity (Wildman–Crippen MR) is 107 cm³/mol. The Balaban J connectivity index is 1.86. The third kappa shape index (κ3) is 3.49. The van der Waals surface area contributed by atoms with Crippen LogP contribution in [0, 0.1) is 10.1 Å². The number of benzene rings is 2. The van der Waals surface area contributed by atoms with E-state index in [0.29, 0.717) is 43.2 Å². The Morgan fingerprint density at radius 1 is 1.11 bits per heavy atom. The zero-order chi connectivity index (χ0) is 19.0. The zero-order valence-corrected chi connectivity index (χ0v) is 17.0. The zero-order valence-electron chi connectivity index (χ0n) is 13.8. The molecular weight excluding hydrogens is 486 g/mol. The molecule has 2 aromatic carbocycles. The van der Waals surface area contributed by atoms with Crippen LogP contribution in [-0.2, 0) is 4.74 Å². The molecule has 1 saturated heterocycles. The molecule has 0 radical (unpaired) electrons. The van der Waals surface area contributed by atoms with Gasteiger partial charge in [-0.05, 0) is 50.5 Å². The maximum absolute atomic E-state index is 11.8. The highest BCUT2D eigenvalue weighted by Gasteiger charge is 2.28. The number of ether oxygens (including phenoxy) is 1. The van der Waals surface area contributed by atoms with Crippen molar-refractivity contribution in [1.29, 1.82) is 0 Å². The van der Waals surface area contributed by atoms with Gasteiger partial charge < -0.3 is 15.0 Å². The first-order chi connectivity index (χ1) is 13.0. The van der Waals surface area contributed by atoms with E-state index in [1.165, 1.54) is 0 Å². The predicted octanol–water partition coefficient (Wildman–Crippen LogP) is 4.24. The van der Waals surface area contributed by atoms with E-state index in [9.17, 15) is 10.1 Å². The van der Waals surface area contributed by atoms with E-state index in [0.717, 1.165) is 14.6 Å². The van der Waals surface area contributed by atoms with Crippen LogP contribution in [0.5, 0.6) is 0 Å². The molecular formula is C16H13Br2N5O4. The first kappa shape index (κ1) is 18.1. The molecule has 1 N–H and O–H groups in total. The normalized spacial score (nSPS) is 14.5. The second-order valence-corrected chi connectivity index (χ2v) is 7.63. The first-order valence-electron chi connectivity index (χ1n) is 8.03. The van der Waals surface area contributed by atoms with Crippen LogP contribution in [-0.4, -0.2) is 41.5 Å². The van der Waals surface area contributed by atoms with Gasteiger partial charge in [0.05, 0.1) is 29.5 Å². The summed E-state index contributed by atoms with van der Waals surface area (Å²) in [6.45, 7) is 2.46. The maximum Gasteiger partial charge on any atom is 0.324 e. The lowest BCUT2D eigenvalue weighted by molar-refractivity contribution is -0.382. The number of nitro groups is 1. The van der Waals surface area contributed by atoms with Gasteiger partial charge in [0, 0.05) is 22.0 Å². The summed E-state index contributed by atoms with van der Waals surface area (Å²) in [5, 5.41) is 22.6. The number of halogens is 2. The van der Waals surface area contributed by atoms with Gasteiger partial charge in [0.25, 0.3) is 0 Å². The van der Waals surface area contributed by atoms with Crippen LogP contribution in [0.25, 0.3) is 11.0 Å². The second kappa shape index (κ2) is 7.41. The van der Waals surface area contributed by atoms with Gasteiger partial charge in [0.1, 0.15) is 5.69 Å². The minimum Gasteiger partial charge on any atom is -0.378 e. The maximum atomic E-state index is 11.8. The minimum atomic E-state index is -0.481. The van der Waals surface area contributed by atoms with E-state index in [1.807, 2.05) is 18.2 Å². The molecule has 11 heteroatoms. The van der Waals surface area contributed by atoms with E-state index < -0.39 is 4.92 Å². The van der Waals surface area contributed by atoms with E-state index in [2.05, 4.69) is 52.4 Å². The molecule has 140 valence electrons. The topological polar surface area (TPSA) is 107 Å². The lowest BCUT2D eigenvalue weighted by Crippen LogP contribution is -2.36. The number of nitrogens with one attached hydrogen (secondary N) is 1. The molecule has 2 heterocycles. The van der Waals surface area contributed by atoms with Crippen LogP contribution in [0.3, 0.4) is 0 Å². The number of morpholine rings is 1. The Morgan fingerprint density at radius 2 is 1.85 bits per heavy atom. The number of rotatable bonds is 4. The largest absolute Gasteiger partial charge is 0.378 e. The number of nitrogens with zero attached hydrogens (tertiary/aromatic N) is 4. The number of hydrogen-bond donors (Lipinski definition) is 1. The van der Waals surface area contributed by atoms with Crippen molar-refractivity contribution in [3.8, 4) is 0 Å². The molecule has 1 aliphatic rings. The summed E-state index contributed by atoms with van der Waals surface area (Å²) in [5.41, 5.74) is 2.01. The summed E-state index contributed by atoms with van der Waals surface area (Å²) in [6.07, 6.45) is 0. The fraction of sp³-hybridized carbons (Fsp3) is 0.250. The second-order valence-electron chi connectivity index (χ2n) is 5.86. The number of hydrogen-bond acceptors (Lipinski definition) is 8. The van der Waals surface area contributed by atoms with Crippen molar-refractivity contribution in [3.05, 3.63) is 43.3 Å². The van der Waals surface area contributed by atoms with Crippen molar-refractivity contribution in [1.82, 2.24) is 10.3 Å². The van der Waals surface area contributed by atoms with Crippen molar-refractivity contribution < 1.29 is 14.3 Å². The molecule has 1 aromatic heterocycles. The summed E-state index contributed by atoms with van der Waals surface area (Å²) in [6, 6.07) is 7.23. The lowest BCUT2D eigenvalue weighted by atomic mass is 10.1. The van der Waals surface area contributed by atoms with Gasteiger partial charge in [0.15, 0.2) is 5.52 Å². The molecule has 27 heavy (non-hydrogen) atoms. The molecule has 1 aliphatic heterocycles. The highest BCUT2D eigenvalue weighted by Crippen LogP contribution is 2.41. The molecule has 0 aliphatic carbocycles. The molecule has 0 amide bonds. The van der Waals surface area contributed by atoms with Crippen LogP contribution in [0.2, 0.25) is 0 Å². The van der Waals surface area contributed by atoms with Gasteiger partial charge in [-0.3, -0.25) is 10.1 Å². The van der Waals surface area contributed by atoms with Gasteiger partial charge in [-0.2, -0.15) is 0 Å². The SMILES string of the molecule is O=[N+]([O-])c1c(Nc2ccc(Br)cc2Br)cc(N2CCOCC2)c2nonc12. The molecule has 0 bridgehead atoms. The Hall–Kier alpha value is -2.24. The molecule has 1 fully saturated rings. The van der Waals surface area contributed by atoms with Crippen LogP contribution >= 0.6 is 31.9 Å². The summed E-state index contributed by atoms with van der Waals surface area (Å²) < 4.78 is 11.9. The van der Waals surface area contributed by atoms with Gasteiger partial charge in [-0.1, -0.05) is 15.9 Å². The van der Waals surface area contributed by atoms with E-state index in [4.69, 9.17) is 9.37 Å². The summed E-state index contributed by atoms with van der Waals surface area (Å²) in [7, 11) is 0. The summed E-state index contributed by atoms with van der Waals surface area (Å²) in [5.74, 6) is 0. The molecule has 0 saturated carbocycles. The Morgan fingerprint density at radius 3 is 2.56 bits per heavy atom. The van der Waals surface area contributed by atoms with Crippen LogP contribution in [0.1, 0.15) is 0 Å². The number of anilines is 3. The highest BCUT2D eigenvalue weighted by molar-refractivity contribution is 9.11. The van der Waals surface area contributed by atoms with E-state index in [-0.39, 0.29) is 11.2 Å². The fourth-order valence-electron chi connectivity index (χ4n) is 2.97. The highest BCUT2D eigenvalue weighted by atomic mass is 79.9. The third-order valence-corrected chi connectivity index (χ3v) is 5.38. The van der Waals surface area contributed by atoms with E-state index in [1.54, 1.807) is 6.07 Å². The Bertz CT molecular complexity index is 1020. The van der Waals surface area contributed by atoms with Crippen LogP contribution in [0.15, 0.2) is 37.8 Å². The summed E-state index contributed by atoms with van der Waals surface area (Å²) >= 11 is 6.86. The van der Waals surface area contributed by atoms with Gasteiger partial charge in [-0.25, -0.2) is 4.63 Å². The molecule has 3 aromatic rings. The van der Waals surface area contributed by atoms with Gasteiger partial charge in [-0.15, -0.1) is 0 Å². The average molecular weight is 499 g/mol. The van der Waals surface area contributed by atoms with Crippen LogP contribution < -0.4 is 10.2 Å². The number of nitro benzene ring substituents is 1. The van der Waals surface area contributed by atoms with Gasteiger partial charge in [0.2, 0.25) is 5.52 Å². The molecule has 0 atom stereocenters. The Labute approximate surface area is 170 Å². The minimum absolute atomic E-state index is 0.111. The quantitative estimate of drug-likeness (QED) is 0.420. The molecule has 0 unspecified atom stereocenters. The van der Waals surface area contributed by atoms with Crippen molar-refractivity contribution in [2.45, 2.75) is 0 Å².